The smallest absolute Gasteiger partial charge is 0.381 e. The molecule has 0 saturated heterocycles. The lowest BCUT2D eigenvalue weighted by Crippen LogP contribution is -2.07. The van der Waals surface area contributed by atoms with Gasteiger partial charge in [-0.05, 0) is 18.2 Å². The molecule has 0 aliphatic heterocycles. The minimum atomic E-state index is -4.56. The fourth-order valence-electron chi connectivity index (χ4n) is 1.37. The maximum atomic E-state index is 13.5. The fraction of sp³-hybridized carbons (Fsp3) is 0.0909. The van der Waals surface area contributed by atoms with E-state index in [1.165, 1.54) is 12.4 Å². The fourth-order valence-corrected chi connectivity index (χ4v) is 1.37. The van der Waals surface area contributed by atoms with Gasteiger partial charge in [-0.2, -0.15) is 13.2 Å². The van der Waals surface area contributed by atoms with Crippen molar-refractivity contribution < 1.29 is 17.6 Å². The van der Waals surface area contributed by atoms with Crippen molar-refractivity contribution >= 4 is 17.3 Å². The summed E-state index contributed by atoms with van der Waals surface area (Å²) in [7, 11) is 0. The van der Waals surface area contributed by atoms with Crippen molar-refractivity contribution in [3.63, 3.8) is 0 Å². The molecule has 0 saturated carbocycles. The third-order valence-corrected chi connectivity index (χ3v) is 2.27. The van der Waals surface area contributed by atoms with Crippen molar-refractivity contribution in [2.75, 3.05) is 11.1 Å². The second-order valence-corrected chi connectivity index (χ2v) is 3.61. The van der Waals surface area contributed by atoms with Crippen molar-refractivity contribution in [3.8, 4) is 0 Å². The molecule has 0 aliphatic rings. The van der Waals surface area contributed by atoms with Crippen LogP contribution in [0.1, 0.15) is 5.56 Å². The number of hydrogen-bond acceptors (Lipinski definition) is 4. The largest absolute Gasteiger partial charge is 0.416 e. The van der Waals surface area contributed by atoms with Crippen molar-refractivity contribution in [1.82, 2.24) is 9.97 Å². The van der Waals surface area contributed by atoms with Crippen molar-refractivity contribution in [2.45, 2.75) is 6.18 Å². The summed E-state index contributed by atoms with van der Waals surface area (Å²) in [6.45, 7) is 0. The van der Waals surface area contributed by atoms with Crippen LogP contribution < -0.4 is 11.1 Å². The Kier molecular flexibility index (Phi) is 3.24. The highest BCUT2D eigenvalue weighted by Gasteiger charge is 2.31. The minimum absolute atomic E-state index is 0.0132. The summed E-state index contributed by atoms with van der Waals surface area (Å²) in [6, 6.07) is 2.02. The molecule has 0 spiro atoms. The summed E-state index contributed by atoms with van der Waals surface area (Å²) < 4.78 is 51.0. The first-order chi connectivity index (χ1) is 8.88. The molecule has 8 heteroatoms. The molecule has 100 valence electrons. The van der Waals surface area contributed by atoms with Gasteiger partial charge in [0.25, 0.3) is 0 Å². The number of nitrogen functional groups attached to an aromatic ring is 1. The van der Waals surface area contributed by atoms with E-state index in [0.717, 1.165) is 6.07 Å². The van der Waals surface area contributed by atoms with E-state index in [9.17, 15) is 17.6 Å². The highest BCUT2D eigenvalue weighted by atomic mass is 19.4. The third kappa shape index (κ3) is 2.90. The van der Waals surface area contributed by atoms with Crippen molar-refractivity contribution in [3.05, 3.63) is 42.0 Å². The van der Waals surface area contributed by atoms with E-state index in [-0.39, 0.29) is 17.3 Å². The van der Waals surface area contributed by atoms with E-state index in [4.69, 9.17) is 5.73 Å². The number of aromatic nitrogens is 2. The standard InChI is InChI=1S/C11H8F4N4/c12-7-2-1-6(11(13,14)15)5-8(7)19-10-9(16)17-3-4-18-10/h1-5H,(H2,16,17)(H,18,19). The number of alkyl halides is 3. The summed E-state index contributed by atoms with van der Waals surface area (Å²) in [5.41, 5.74) is 4.12. The van der Waals surface area contributed by atoms with Gasteiger partial charge >= 0.3 is 6.18 Å². The molecule has 2 aromatic rings. The molecule has 1 heterocycles. The van der Waals surface area contributed by atoms with Crippen LogP contribution in [-0.4, -0.2) is 9.97 Å². The van der Waals surface area contributed by atoms with E-state index in [0.29, 0.717) is 12.1 Å². The zero-order valence-corrected chi connectivity index (χ0v) is 9.37. The normalized spacial score (nSPS) is 11.4. The minimum Gasteiger partial charge on any atom is -0.381 e. The average molecular weight is 272 g/mol. The quantitative estimate of drug-likeness (QED) is 0.825. The number of benzene rings is 1. The van der Waals surface area contributed by atoms with Crippen LogP contribution in [-0.2, 0) is 6.18 Å². The van der Waals surface area contributed by atoms with E-state index < -0.39 is 17.6 Å². The van der Waals surface area contributed by atoms with Gasteiger partial charge in [0.05, 0.1) is 11.3 Å². The van der Waals surface area contributed by atoms with E-state index in [1.54, 1.807) is 0 Å². The van der Waals surface area contributed by atoms with Crippen LogP contribution in [0.2, 0.25) is 0 Å². The molecule has 4 nitrogen and oxygen atoms in total. The second-order valence-electron chi connectivity index (χ2n) is 3.61. The summed E-state index contributed by atoms with van der Waals surface area (Å²) in [5, 5.41) is 2.38. The van der Waals surface area contributed by atoms with Gasteiger partial charge in [0.1, 0.15) is 5.82 Å². The molecule has 0 fully saturated rings. The first-order valence-electron chi connectivity index (χ1n) is 5.08. The van der Waals surface area contributed by atoms with Gasteiger partial charge in [0, 0.05) is 12.4 Å². The Morgan fingerprint density at radius 3 is 2.42 bits per heavy atom. The van der Waals surface area contributed by atoms with Gasteiger partial charge < -0.3 is 11.1 Å². The van der Waals surface area contributed by atoms with Crippen LogP contribution in [0.5, 0.6) is 0 Å². The molecule has 0 unspecified atom stereocenters. The predicted molar refractivity (Wildman–Crippen MR) is 61.1 cm³/mol. The molecule has 1 aromatic heterocycles. The number of anilines is 3. The number of nitrogens with one attached hydrogen (secondary N) is 1. The lowest BCUT2D eigenvalue weighted by molar-refractivity contribution is -0.137. The maximum Gasteiger partial charge on any atom is 0.416 e. The van der Waals surface area contributed by atoms with Crippen LogP contribution in [0.25, 0.3) is 0 Å². The predicted octanol–water partition coefficient (Wildman–Crippen LogP) is 2.96. The molecular weight excluding hydrogens is 264 g/mol. The molecular formula is C11H8F4N4. The Hall–Kier alpha value is -2.38. The molecule has 0 radical (unpaired) electrons. The van der Waals surface area contributed by atoms with Gasteiger partial charge in [0.15, 0.2) is 11.6 Å². The van der Waals surface area contributed by atoms with E-state index in [2.05, 4.69) is 15.3 Å². The molecule has 0 bridgehead atoms. The second kappa shape index (κ2) is 4.71. The molecule has 3 N–H and O–H groups in total. The van der Waals surface area contributed by atoms with Crippen LogP contribution in [0.15, 0.2) is 30.6 Å². The molecule has 0 amide bonds. The Balaban J connectivity index is 2.38. The van der Waals surface area contributed by atoms with Crippen LogP contribution in [0.3, 0.4) is 0 Å². The van der Waals surface area contributed by atoms with E-state index >= 15 is 0 Å². The van der Waals surface area contributed by atoms with Crippen molar-refractivity contribution in [1.29, 1.82) is 0 Å². The Bertz CT molecular complexity index is 597. The SMILES string of the molecule is Nc1nccnc1Nc1cc(C(F)(F)F)ccc1F. The highest BCUT2D eigenvalue weighted by Crippen LogP contribution is 2.32. The van der Waals surface area contributed by atoms with E-state index in [1.807, 2.05) is 0 Å². The zero-order valence-electron chi connectivity index (χ0n) is 9.37. The topological polar surface area (TPSA) is 63.8 Å². The average Bonchev–Trinajstić information content (AvgIpc) is 2.33. The Labute approximate surface area is 105 Å². The zero-order chi connectivity index (χ0) is 14.0. The van der Waals surface area contributed by atoms with Crippen LogP contribution in [0, 0.1) is 5.82 Å². The molecule has 0 atom stereocenters. The summed E-state index contributed by atoms with van der Waals surface area (Å²) >= 11 is 0. The summed E-state index contributed by atoms with van der Waals surface area (Å²) in [6.07, 6.45) is -1.97. The molecule has 2 rings (SSSR count). The monoisotopic (exact) mass is 272 g/mol. The first kappa shape index (κ1) is 13.1. The number of nitrogens with zero attached hydrogens (tertiary/aromatic N) is 2. The molecule has 0 aliphatic carbocycles. The van der Waals surface area contributed by atoms with Gasteiger partial charge in [-0.3, -0.25) is 0 Å². The number of rotatable bonds is 2. The Morgan fingerprint density at radius 2 is 1.79 bits per heavy atom. The van der Waals surface area contributed by atoms with Gasteiger partial charge in [0.2, 0.25) is 0 Å². The summed E-state index contributed by atoms with van der Waals surface area (Å²) in [4.78, 5) is 7.44. The highest BCUT2D eigenvalue weighted by molar-refractivity contribution is 5.66. The number of halogens is 4. The van der Waals surface area contributed by atoms with Crippen LogP contribution in [0.4, 0.5) is 34.9 Å². The lowest BCUT2D eigenvalue weighted by atomic mass is 10.2. The molecule has 1 aromatic carbocycles. The number of hydrogen-bond donors (Lipinski definition) is 2. The van der Waals surface area contributed by atoms with Gasteiger partial charge in [-0.1, -0.05) is 0 Å². The molecule has 19 heavy (non-hydrogen) atoms. The van der Waals surface area contributed by atoms with Crippen molar-refractivity contribution in [2.24, 2.45) is 0 Å². The summed E-state index contributed by atoms with van der Waals surface area (Å²) in [5.74, 6) is -0.905. The Morgan fingerprint density at radius 1 is 1.11 bits per heavy atom. The van der Waals surface area contributed by atoms with Crippen LogP contribution >= 0.6 is 0 Å². The van der Waals surface area contributed by atoms with Gasteiger partial charge in [-0.25, -0.2) is 14.4 Å². The third-order valence-electron chi connectivity index (χ3n) is 2.27. The number of nitrogens with two attached hydrogens (primary N) is 1. The lowest BCUT2D eigenvalue weighted by Gasteiger charge is -2.11. The van der Waals surface area contributed by atoms with Gasteiger partial charge in [-0.15, -0.1) is 0 Å². The first-order valence-corrected chi connectivity index (χ1v) is 5.08. The maximum absolute atomic E-state index is 13.5.